The highest BCUT2D eigenvalue weighted by molar-refractivity contribution is 5.89. The fourth-order valence-corrected chi connectivity index (χ4v) is 6.45. The number of rotatable bonds is 5. The first kappa shape index (κ1) is 27.5. The molecule has 1 amide bonds. The Morgan fingerprint density at radius 3 is 2.67 bits per heavy atom. The van der Waals surface area contributed by atoms with E-state index in [0.29, 0.717) is 41.4 Å². The van der Waals surface area contributed by atoms with E-state index in [1.807, 2.05) is 12.1 Å². The summed E-state index contributed by atoms with van der Waals surface area (Å²) in [5.74, 6) is 0.650. The zero-order valence-electron chi connectivity index (χ0n) is 22.4. The van der Waals surface area contributed by atoms with Crippen molar-refractivity contribution in [1.29, 1.82) is 0 Å². The summed E-state index contributed by atoms with van der Waals surface area (Å²) in [7, 11) is 0. The molecule has 1 saturated carbocycles. The van der Waals surface area contributed by atoms with E-state index in [2.05, 4.69) is 17.9 Å². The number of hydrogen-bond acceptors (Lipinski definition) is 5. The lowest BCUT2D eigenvalue weighted by atomic mass is 9.80. The molecule has 2 aliphatic heterocycles. The first-order valence-corrected chi connectivity index (χ1v) is 13.8. The van der Waals surface area contributed by atoms with Crippen molar-refractivity contribution in [2.45, 2.75) is 64.2 Å². The monoisotopic (exact) mass is 544 g/mol. The molecule has 2 aromatic rings. The van der Waals surface area contributed by atoms with Crippen LogP contribution in [0.25, 0.3) is 0 Å². The van der Waals surface area contributed by atoms with E-state index >= 15 is 0 Å². The Morgan fingerprint density at radius 1 is 1.10 bits per heavy atom. The highest BCUT2D eigenvalue weighted by Gasteiger charge is 2.39. The van der Waals surface area contributed by atoms with Crippen LogP contribution in [0.5, 0.6) is 5.75 Å². The Balaban J connectivity index is 1.17. The summed E-state index contributed by atoms with van der Waals surface area (Å²) < 4.78 is 50.3. The molecule has 2 heterocycles. The van der Waals surface area contributed by atoms with Gasteiger partial charge >= 0.3 is 12.1 Å². The van der Waals surface area contributed by atoms with Crippen molar-refractivity contribution in [3.05, 3.63) is 64.7 Å². The van der Waals surface area contributed by atoms with Crippen LogP contribution in [0.4, 0.5) is 13.2 Å². The van der Waals surface area contributed by atoms with E-state index in [0.717, 1.165) is 56.5 Å². The average Bonchev–Trinajstić information content (AvgIpc) is 3.42. The maximum absolute atomic E-state index is 13.3. The molecule has 0 aromatic heterocycles. The van der Waals surface area contributed by atoms with Crippen LogP contribution < -0.4 is 4.74 Å². The molecule has 5 rings (SSSR count). The number of fused-ring (bicyclic) bond motifs is 1. The molecule has 9 heteroatoms. The lowest BCUT2D eigenvalue weighted by molar-refractivity contribution is -0.140. The fraction of sp³-hybridized carbons (Fsp3) is 0.533. The molecule has 0 radical (unpaired) electrons. The van der Waals surface area contributed by atoms with Crippen LogP contribution in [0.15, 0.2) is 42.5 Å². The van der Waals surface area contributed by atoms with Gasteiger partial charge in [-0.15, -0.1) is 0 Å². The maximum atomic E-state index is 13.3. The van der Waals surface area contributed by atoms with Crippen molar-refractivity contribution in [1.82, 2.24) is 9.80 Å². The quantitative estimate of drug-likeness (QED) is 0.442. The van der Waals surface area contributed by atoms with Crippen molar-refractivity contribution in [3.8, 4) is 5.75 Å². The van der Waals surface area contributed by atoms with Gasteiger partial charge < -0.3 is 19.3 Å². The van der Waals surface area contributed by atoms with Gasteiger partial charge in [0.05, 0.1) is 24.3 Å². The van der Waals surface area contributed by atoms with Crippen molar-refractivity contribution >= 4 is 11.9 Å². The van der Waals surface area contributed by atoms with E-state index in [1.54, 1.807) is 17.9 Å². The molecule has 6 nitrogen and oxygen atoms in total. The van der Waals surface area contributed by atoms with Crippen LogP contribution in [0.1, 0.15) is 72.5 Å². The predicted molar refractivity (Wildman–Crippen MR) is 139 cm³/mol. The number of nitrogens with zero attached hydrogens (tertiary/aromatic N) is 2. The molecule has 0 bridgehead atoms. The van der Waals surface area contributed by atoms with E-state index in [9.17, 15) is 22.8 Å². The molecule has 1 aliphatic carbocycles. The number of ether oxygens (including phenoxy) is 2. The molecule has 0 N–H and O–H groups in total. The second-order valence-electron chi connectivity index (χ2n) is 11.0. The molecule has 2 aromatic carbocycles. The normalized spacial score (nSPS) is 25.6. The van der Waals surface area contributed by atoms with Crippen LogP contribution in [0.2, 0.25) is 0 Å². The third kappa shape index (κ3) is 5.93. The number of hydrogen-bond donors (Lipinski definition) is 0. The van der Waals surface area contributed by atoms with Gasteiger partial charge in [0.1, 0.15) is 5.75 Å². The van der Waals surface area contributed by atoms with Gasteiger partial charge in [0.15, 0.2) is 6.73 Å². The minimum atomic E-state index is -4.44. The molecule has 3 aliphatic rings. The SMILES string of the molecule is CCOC(=O)c1cccc(C2CCN(C3CCC(C(=O)N4COc5ccc(C(F)(F)F)cc5C4)C3)C[C@H]2C)c1. The number of alkyl halides is 3. The van der Waals surface area contributed by atoms with Gasteiger partial charge in [-0.2, -0.15) is 13.2 Å². The summed E-state index contributed by atoms with van der Waals surface area (Å²) in [4.78, 5) is 29.5. The summed E-state index contributed by atoms with van der Waals surface area (Å²) >= 11 is 0. The molecule has 0 spiro atoms. The second-order valence-corrected chi connectivity index (χ2v) is 11.0. The van der Waals surface area contributed by atoms with Gasteiger partial charge in [-0.3, -0.25) is 4.79 Å². The van der Waals surface area contributed by atoms with Crippen molar-refractivity contribution in [2.75, 3.05) is 26.4 Å². The Hall–Kier alpha value is -3.07. The zero-order chi connectivity index (χ0) is 27.7. The van der Waals surface area contributed by atoms with Gasteiger partial charge in [-0.05, 0) is 86.9 Å². The minimum Gasteiger partial charge on any atom is -0.473 e. The standard InChI is InChI=1S/C30H35F3N2O4/c1-3-38-29(37)22-6-4-5-20(13-22)26-11-12-34(16-19(26)2)25-9-7-21(15-25)28(36)35-17-23-14-24(30(31,32)33)8-10-27(23)39-18-35/h4-6,8,10,13-14,19,21,25-26H,3,7,9,11-12,15-18H2,1-2H3/t19-,21?,25?,26?/m1/s1. The van der Waals surface area contributed by atoms with Crippen LogP contribution >= 0.6 is 0 Å². The van der Waals surface area contributed by atoms with Crippen LogP contribution in [0, 0.1) is 11.8 Å². The number of halogens is 3. The van der Waals surface area contributed by atoms with Crippen molar-refractivity contribution < 1.29 is 32.2 Å². The van der Waals surface area contributed by atoms with Crippen LogP contribution in [-0.4, -0.2) is 54.1 Å². The third-order valence-electron chi connectivity index (χ3n) is 8.47. The highest BCUT2D eigenvalue weighted by Crippen LogP contribution is 2.39. The topological polar surface area (TPSA) is 59.1 Å². The number of esters is 1. The Labute approximate surface area is 227 Å². The molecular formula is C30H35F3N2O4. The Morgan fingerprint density at radius 2 is 1.92 bits per heavy atom. The van der Waals surface area contributed by atoms with Crippen LogP contribution in [0.3, 0.4) is 0 Å². The van der Waals surface area contributed by atoms with Crippen LogP contribution in [-0.2, 0) is 22.3 Å². The first-order chi connectivity index (χ1) is 18.6. The van der Waals surface area contributed by atoms with E-state index < -0.39 is 11.7 Å². The summed E-state index contributed by atoms with van der Waals surface area (Å²) in [5.41, 5.74) is 1.40. The fourth-order valence-electron chi connectivity index (χ4n) is 6.45. The number of benzene rings is 2. The number of carbonyl (C=O) groups excluding carboxylic acids is 2. The zero-order valence-corrected chi connectivity index (χ0v) is 22.4. The minimum absolute atomic E-state index is 0.0423. The maximum Gasteiger partial charge on any atom is 0.416 e. The lowest BCUT2D eigenvalue weighted by Gasteiger charge is -2.40. The lowest BCUT2D eigenvalue weighted by Crippen LogP contribution is -2.44. The molecule has 4 atom stereocenters. The van der Waals surface area contributed by atoms with Crippen molar-refractivity contribution in [2.24, 2.45) is 11.8 Å². The summed E-state index contributed by atoms with van der Waals surface area (Å²) in [5, 5.41) is 0. The largest absolute Gasteiger partial charge is 0.473 e. The second kappa shape index (κ2) is 11.2. The molecule has 3 unspecified atom stereocenters. The summed E-state index contributed by atoms with van der Waals surface area (Å²) in [6.45, 7) is 6.42. The average molecular weight is 545 g/mol. The van der Waals surface area contributed by atoms with Gasteiger partial charge in [-0.25, -0.2) is 4.79 Å². The van der Waals surface area contributed by atoms with Gasteiger partial charge in [0.25, 0.3) is 0 Å². The molecule has 2 fully saturated rings. The molecule has 210 valence electrons. The smallest absolute Gasteiger partial charge is 0.416 e. The van der Waals surface area contributed by atoms with Gasteiger partial charge in [0.2, 0.25) is 5.91 Å². The van der Waals surface area contributed by atoms with Crippen molar-refractivity contribution in [3.63, 3.8) is 0 Å². The summed E-state index contributed by atoms with van der Waals surface area (Å²) in [6, 6.07) is 11.5. The number of carbonyl (C=O) groups is 2. The number of likely N-dealkylation sites (tertiary alicyclic amines) is 1. The molecule has 1 saturated heterocycles. The Bertz CT molecular complexity index is 1220. The number of amides is 1. The van der Waals surface area contributed by atoms with E-state index in [1.165, 1.54) is 6.07 Å². The third-order valence-corrected chi connectivity index (χ3v) is 8.47. The van der Waals surface area contributed by atoms with Gasteiger partial charge in [-0.1, -0.05) is 19.1 Å². The molecular weight excluding hydrogens is 509 g/mol. The highest BCUT2D eigenvalue weighted by atomic mass is 19.4. The van der Waals surface area contributed by atoms with E-state index in [4.69, 9.17) is 9.47 Å². The Kier molecular flexibility index (Phi) is 7.89. The number of piperidine rings is 1. The van der Waals surface area contributed by atoms with E-state index in [-0.39, 0.29) is 31.1 Å². The predicted octanol–water partition coefficient (Wildman–Crippen LogP) is 5.85. The molecule has 39 heavy (non-hydrogen) atoms. The van der Waals surface area contributed by atoms with Gasteiger partial charge in [0, 0.05) is 24.1 Å². The first-order valence-electron chi connectivity index (χ1n) is 13.8. The summed E-state index contributed by atoms with van der Waals surface area (Å²) in [6.07, 6.45) is -1.02.